The molecule has 0 aliphatic carbocycles. The summed E-state index contributed by atoms with van der Waals surface area (Å²) >= 11 is 0. The number of carboxylic acid groups (broad SMARTS) is 1. The first-order valence-corrected chi connectivity index (χ1v) is 4.55. The first-order chi connectivity index (χ1) is 7.01. The van der Waals surface area contributed by atoms with E-state index in [2.05, 4.69) is 10.1 Å². The van der Waals surface area contributed by atoms with Crippen molar-refractivity contribution in [1.82, 2.24) is 14.6 Å². The Morgan fingerprint density at radius 1 is 1.53 bits per heavy atom. The van der Waals surface area contributed by atoms with Crippen molar-refractivity contribution in [2.75, 3.05) is 0 Å². The van der Waals surface area contributed by atoms with Crippen LogP contribution in [0.15, 0.2) is 24.7 Å². The summed E-state index contributed by atoms with van der Waals surface area (Å²) in [6.07, 6.45) is 4.89. The number of fused-ring (bicyclic) bond motifs is 1. The second-order valence-corrected chi connectivity index (χ2v) is 3.91. The molecule has 2 aromatic heterocycles. The highest BCUT2D eigenvalue weighted by Gasteiger charge is 2.30. The Kier molecular flexibility index (Phi) is 1.96. The van der Waals surface area contributed by atoms with Gasteiger partial charge in [-0.3, -0.25) is 4.79 Å². The molecule has 0 spiro atoms. The van der Waals surface area contributed by atoms with Crippen LogP contribution in [0.2, 0.25) is 0 Å². The third-order valence-electron chi connectivity index (χ3n) is 2.50. The van der Waals surface area contributed by atoms with Crippen LogP contribution in [-0.2, 0) is 10.2 Å². The molecule has 1 N–H and O–H groups in total. The normalized spacial score (nSPS) is 11.9. The molecule has 0 fully saturated rings. The number of nitrogens with zero attached hydrogens (tertiary/aromatic N) is 3. The van der Waals surface area contributed by atoms with Crippen molar-refractivity contribution in [3.8, 4) is 0 Å². The number of aromatic nitrogens is 3. The number of aliphatic carboxylic acids is 1. The molecule has 0 radical (unpaired) electrons. The van der Waals surface area contributed by atoms with Crippen molar-refractivity contribution in [3.63, 3.8) is 0 Å². The van der Waals surface area contributed by atoms with E-state index in [1.807, 2.05) is 0 Å². The van der Waals surface area contributed by atoms with Gasteiger partial charge in [0, 0.05) is 24.0 Å². The van der Waals surface area contributed by atoms with Crippen LogP contribution in [-0.4, -0.2) is 25.7 Å². The van der Waals surface area contributed by atoms with Crippen molar-refractivity contribution >= 4 is 11.6 Å². The van der Waals surface area contributed by atoms with Gasteiger partial charge in [-0.15, -0.1) is 0 Å². The molecule has 0 amide bonds. The number of hydrogen-bond donors (Lipinski definition) is 1. The van der Waals surface area contributed by atoms with Gasteiger partial charge in [0.1, 0.15) is 0 Å². The van der Waals surface area contributed by atoms with Gasteiger partial charge < -0.3 is 5.11 Å². The van der Waals surface area contributed by atoms with Gasteiger partial charge >= 0.3 is 5.97 Å². The molecule has 5 nitrogen and oxygen atoms in total. The summed E-state index contributed by atoms with van der Waals surface area (Å²) < 4.78 is 1.57. The summed E-state index contributed by atoms with van der Waals surface area (Å²) in [5, 5.41) is 13.1. The maximum Gasteiger partial charge on any atom is 0.313 e. The van der Waals surface area contributed by atoms with Crippen molar-refractivity contribution in [1.29, 1.82) is 0 Å². The molecule has 0 aliphatic rings. The van der Waals surface area contributed by atoms with E-state index in [9.17, 15) is 4.79 Å². The molecule has 78 valence electrons. The van der Waals surface area contributed by atoms with E-state index >= 15 is 0 Å². The number of rotatable bonds is 2. The zero-order valence-electron chi connectivity index (χ0n) is 8.51. The monoisotopic (exact) mass is 205 g/mol. The Labute approximate surface area is 86.4 Å². The summed E-state index contributed by atoms with van der Waals surface area (Å²) in [6, 6.07) is 1.76. The maximum absolute atomic E-state index is 11.0. The molecule has 2 rings (SSSR count). The molecular formula is C10H11N3O2. The molecule has 2 heterocycles. The molecule has 0 saturated heterocycles. The first kappa shape index (κ1) is 9.64. The van der Waals surface area contributed by atoms with Crippen molar-refractivity contribution < 1.29 is 9.90 Å². The second-order valence-electron chi connectivity index (χ2n) is 3.91. The largest absolute Gasteiger partial charge is 0.481 e. The predicted octanol–water partition coefficient (Wildman–Crippen LogP) is 1.09. The van der Waals surface area contributed by atoms with Gasteiger partial charge in [0.05, 0.1) is 11.6 Å². The number of carboxylic acids is 1. The standard InChI is InChI=1S/C10H11N3O2/c1-10(2,9(14)15)7-5-11-8-3-4-12-13(8)6-7/h3-6H,1-2H3,(H,14,15). The van der Waals surface area contributed by atoms with E-state index in [1.54, 1.807) is 43.0 Å². The Morgan fingerprint density at radius 3 is 2.93 bits per heavy atom. The van der Waals surface area contributed by atoms with E-state index in [-0.39, 0.29) is 0 Å². The fraction of sp³-hybridized carbons (Fsp3) is 0.300. The molecule has 15 heavy (non-hydrogen) atoms. The van der Waals surface area contributed by atoms with E-state index in [0.29, 0.717) is 11.2 Å². The average molecular weight is 205 g/mol. The highest BCUT2D eigenvalue weighted by Crippen LogP contribution is 2.22. The van der Waals surface area contributed by atoms with Crippen LogP contribution in [0, 0.1) is 0 Å². The molecule has 0 atom stereocenters. The quantitative estimate of drug-likeness (QED) is 0.796. The van der Waals surface area contributed by atoms with Gasteiger partial charge in [-0.1, -0.05) is 0 Å². The van der Waals surface area contributed by atoms with Crippen LogP contribution < -0.4 is 0 Å². The first-order valence-electron chi connectivity index (χ1n) is 4.55. The van der Waals surface area contributed by atoms with E-state index < -0.39 is 11.4 Å². The topological polar surface area (TPSA) is 67.5 Å². The third-order valence-corrected chi connectivity index (χ3v) is 2.50. The third kappa shape index (κ3) is 1.45. The van der Waals surface area contributed by atoms with Crippen LogP contribution in [0.4, 0.5) is 0 Å². The molecular weight excluding hydrogens is 194 g/mol. The van der Waals surface area contributed by atoms with Crippen LogP contribution in [0.25, 0.3) is 5.65 Å². The predicted molar refractivity (Wildman–Crippen MR) is 53.6 cm³/mol. The summed E-state index contributed by atoms with van der Waals surface area (Å²) in [4.78, 5) is 15.2. The smallest absolute Gasteiger partial charge is 0.313 e. The summed E-state index contributed by atoms with van der Waals surface area (Å²) in [5.74, 6) is -0.879. The molecule has 0 saturated carbocycles. The minimum Gasteiger partial charge on any atom is -0.481 e. The van der Waals surface area contributed by atoms with Gasteiger partial charge in [0.15, 0.2) is 5.65 Å². The SMILES string of the molecule is CC(C)(C(=O)O)c1cnc2ccnn2c1. The summed E-state index contributed by atoms with van der Waals surface area (Å²) in [6.45, 7) is 3.28. The molecule has 0 aromatic carbocycles. The van der Waals surface area contributed by atoms with Crippen LogP contribution in [0.1, 0.15) is 19.4 Å². The average Bonchev–Trinajstić information content (AvgIpc) is 2.63. The fourth-order valence-electron chi connectivity index (χ4n) is 1.26. The Bertz CT molecular complexity index is 516. The van der Waals surface area contributed by atoms with Gasteiger partial charge in [-0.05, 0) is 13.8 Å². The molecule has 0 aliphatic heterocycles. The molecule has 5 heteroatoms. The number of carbonyl (C=O) groups is 1. The summed E-state index contributed by atoms with van der Waals surface area (Å²) in [7, 11) is 0. The van der Waals surface area contributed by atoms with E-state index in [4.69, 9.17) is 5.11 Å². The second kappa shape index (κ2) is 3.05. The van der Waals surface area contributed by atoms with Crippen molar-refractivity contribution in [3.05, 3.63) is 30.2 Å². The van der Waals surface area contributed by atoms with E-state index in [0.717, 1.165) is 0 Å². The molecule has 0 bridgehead atoms. The highest BCUT2D eigenvalue weighted by atomic mass is 16.4. The van der Waals surface area contributed by atoms with Gasteiger partial charge in [-0.25, -0.2) is 9.50 Å². The number of hydrogen-bond acceptors (Lipinski definition) is 3. The van der Waals surface area contributed by atoms with Crippen molar-refractivity contribution in [2.45, 2.75) is 19.3 Å². The van der Waals surface area contributed by atoms with Gasteiger partial charge in [0.2, 0.25) is 0 Å². The lowest BCUT2D eigenvalue weighted by Crippen LogP contribution is -2.29. The lowest BCUT2D eigenvalue weighted by Gasteiger charge is -2.18. The summed E-state index contributed by atoms with van der Waals surface area (Å²) in [5.41, 5.74) is 0.388. The Morgan fingerprint density at radius 2 is 2.27 bits per heavy atom. The highest BCUT2D eigenvalue weighted by molar-refractivity contribution is 5.80. The van der Waals surface area contributed by atoms with Crippen LogP contribution >= 0.6 is 0 Å². The van der Waals surface area contributed by atoms with Gasteiger partial charge in [0.25, 0.3) is 0 Å². The Hall–Kier alpha value is -1.91. The van der Waals surface area contributed by atoms with Crippen LogP contribution in [0.3, 0.4) is 0 Å². The zero-order chi connectivity index (χ0) is 11.1. The van der Waals surface area contributed by atoms with Crippen LogP contribution in [0.5, 0.6) is 0 Å². The van der Waals surface area contributed by atoms with Gasteiger partial charge in [-0.2, -0.15) is 5.10 Å². The van der Waals surface area contributed by atoms with Crippen molar-refractivity contribution in [2.24, 2.45) is 0 Å². The fourth-order valence-corrected chi connectivity index (χ4v) is 1.26. The zero-order valence-corrected chi connectivity index (χ0v) is 8.51. The minimum absolute atomic E-state index is 0.631. The minimum atomic E-state index is -0.951. The van der Waals surface area contributed by atoms with E-state index in [1.165, 1.54) is 0 Å². The molecule has 2 aromatic rings. The lowest BCUT2D eigenvalue weighted by atomic mass is 9.87. The lowest BCUT2D eigenvalue weighted by molar-refractivity contribution is -0.142. The maximum atomic E-state index is 11.0. The Balaban J connectivity index is 2.57. The molecule has 0 unspecified atom stereocenters.